The molecule has 94 valence electrons. The summed E-state index contributed by atoms with van der Waals surface area (Å²) < 4.78 is 0. The van der Waals surface area contributed by atoms with E-state index < -0.39 is 0 Å². The fourth-order valence-electron chi connectivity index (χ4n) is 2.10. The van der Waals surface area contributed by atoms with E-state index in [1.54, 1.807) is 0 Å². The topological polar surface area (TPSA) is 23.6 Å². The average Bonchev–Trinajstić information content (AvgIpc) is 2.27. The SMILES string of the molecule is CCCCN(C)CC(=O)N1CCC(C)CC1. The molecule has 1 rings (SSSR count). The first-order valence-electron chi connectivity index (χ1n) is 6.59. The summed E-state index contributed by atoms with van der Waals surface area (Å²) in [5, 5.41) is 0. The molecule has 16 heavy (non-hydrogen) atoms. The normalized spacial score (nSPS) is 18.1. The molecule has 1 heterocycles. The molecule has 0 unspecified atom stereocenters. The highest BCUT2D eigenvalue weighted by Gasteiger charge is 2.20. The van der Waals surface area contributed by atoms with E-state index in [9.17, 15) is 4.79 Å². The number of rotatable bonds is 5. The zero-order valence-electron chi connectivity index (χ0n) is 11.0. The smallest absolute Gasteiger partial charge is 0.236 e. The van der Waals surface area contributed by atoms with E-state index >= 15 is 0 Å². The van der Waals surface area contributed by atoms with E-state index in [0.29, 0.717) is 12.5 Å². The lowest BCUT2D eigenvalue weighted by Gasteiger charge is -2.31. The van der Waals surface area contributed by atoms with E-state index in [0.717, 1.165) is 25.6 Å². The number of amides is 1. The summed E-state index contributed by atoms with van der Waals surface area (Å²) in [4.78, 5) is 16.1. The van der Waals surface area contributed by atoms with Gasteiger partial charge >= 0.3 is 0 Å². The zero-order chi connectivity index (χ0) is 12.0. The molecule has 0 N–H and O–H groups in total. The molecule has 3 nitrogen and oxygen atoms in total. The first-order valence-corrected chi connectivity index (χ1v) is 6.59. The van der Waals surface area contributed by atoms with E-state index in [2.05, 4.69) is 18.7 Å². The Morgan fingerprint density at radius 2 is 2.00 bits per heavy atom. The summed E-state index contributed by atoms with van der Waals surface area (Å²) in [5.41, 5.74) is 0. The monoisotopic (exact) mass is 226 g/mol. The Balaban J connectivity index is 2.23. The van der Waals surface area contributed by atoms with Gasteiger partial charge in [-0.1, -0.05) is 20.3 Å². The number of nitrogens with zero attached hydrogens (tertiary/aromatic N) is 2. The lowest BCUT2D eigenvalue weighted by atomic mass is 9.99. The highest BCUT2D eigenvalue weighted by atomic mass is 16.2. The number of hydrogen-bond donors (Lipinski definition) is 0. The summed E-state index contributed by atoms with van der Waals surface area (Å²) in [7, 11) is 2.04. The second-order valence-electron chi connectivity index (χ2n) is 5.15. The minimum absolute atomic E-state index is 0.311. The first-order chi connectivity index (χ1) is 7.63. The molecule has 1 aliphatic rings. The van der Waals surface area contributed by atoms with Gasteiger partial charge in [0.2, 0.25) is 5.91 Å². The number of unbranched alkanes of at least 4 members (excludes halogenated alkanes) is 1. The van der Waals surface area contributed by atoms with Crippen molar-refractivity contribution in [1.29, 1.82) is 0 Å². The van der Waals surface area contributed by atoms with Crippen LogP contribution in [0, 0.1) is 5.92 Å². The summed E-state index contributed by atoms with van der Waals surface area (Å²) in [5.74, 6) is 1.10. The molecule has 3 heteroatoms. The minimum atomic E-state index is 0.311. The Morgan fingerprint density at radius 1 is 1.38 bits per heavy atom. The number of likely N-dealkylation sites (tertiary alicyclic amines) is 1. The Morgan fingerprint density at radius 3 is 2.56 bits per heavy atom. The van der Waals surface area contributed by atoms with Crippen LogP contribution in [0.3, 0.4) is 0 Å². The third-order valence-corrected chi connectivity index (χ3v) is 3.43. The molecule has 0 spiro atoms. The second kappa shape index (κ2) is 6.89. The van der Waals surface area contributed by atoms with Crippen LogP contribution in [0.2, 0.25) is 0 Å². The van der Waals surface area contributed by atoms with Crippen molar-refractivity contribution in [3.05, 3.63) is 0 Å². The molecule has 1 fully saturated rings. The predicted octanol–water partition coefficient (Wildman–Crippen LogP) is 1.98. The Bertz CT molecular complexity index is 210. The van der Waals surface area contributed by atoms with Crippen LogP contribution in [0.5, 0.6) is 0 Å². The molecule has 1 amide bonds. The number of likely N-dealkylation sites (N-methyl/N-ethyl adjacent to an activating group) is 1. The highest BCUT2D eigenvalue weighted by Crippen LogP contribution is 2.15. The maximum absolute atomic E-state index is 12.0. The largest absolute Gasteiger partial charge is 0.342 e. The van der Waals surface area contributed by atoms with E-state index in [-0.39, 0.29) is 0 Å². The molecule has 0 bridgehead atoms. The fraction of sp³-hybridized carbons (Fsp3) is 0.923. The third-order valence-electron chi connectivity index (χ3n) is 3.43. The van der Waals surface area contributed by atoms with Gasteiger partial charge < -0.3 is 4.90 Å². The van der Waals surface area contributed by atoms with Gasteiger partial charge in [0, 0.05) is 13.1 Å². The van der Waals surface area contributed by atoms with Crippen LogP contribution in [0.1, 0.15) is 39.5 Å². The van der Waals surface area contributed by atoms with Crippen molar-refractivity contribution in [1.82, 2.24) is 9.80 Å². The van der Waals surface area contributed by atoms with Gasteiger partial charge in [0.05, 0.1) is 6.54 Å². The molecule has 0 aromatic heterocycles. The summed E-state index contributed by atoms with van der Waals surface area (Å²) in [6, 6.07) is 0. The molecule has 0 aromatic carbocycles. The van der Waals surface area contributed by atoms with Crippen molar-refractivity contribution in [3.8, 4) is 0 Å². The van der Waals surface area contributed by atoms with Crippen LogP contribution < -0.4 is 0 Å². The molecule has 0 aliphatic carbocycles. The van der Waals surface area contributed by atoms with Crippen molar-refractivity contribution >= 4 is 5.91 Å². The van der Waals surface area contributed by atoms with Gasteiger partial charge in [-0.25, -0.2) is 0 Å². The van der Waals surface area contributed by atoms with Crippen molar-refractivity contribution in [2.24, 2.45) is 5.92 Å². The van der Waals surface area contributed by atoms with Crippen molar-refractivity contribution < 1.29 is 4.79 Å². The fourth-order valence-corrected chi connectivity index (χ4v) is 2.10. The van der Waals surface area contributed by atoms with Gasteiger partial charge in [-0.2, -0.15) is 0 Å². The Kier molecular flexibility index (Phi) is 5.81. The summed E-state index contributed by atoms with van der Waals surface area (Å²) in [6.07, 6.45) is 4.72. The molecule has 0 aromatic rings. The molecular weight excluding hydrogens is 200 g/mol. The van der Waals surface area contributed by atoms with Crippen molar-refractivity contribution in [2.45, 2.75) is 39.5 Å². The van der Waals surface area contributed by atoms with Crippen LogP contribution in [0.4, 0.5) is 0 Å². The predicted molar refractivity (Wildman–Crippen MR) is 67.4 cm³/mol. The van der Waals surface area contributed by atoms with E-state index in [1.807, 2.05) is 11.9 Å². The molecular formula is C13H26N2O. The zero-order valence-corrected chi connectivity index (χ0v) is 11.0. The Hall–Kier alpha value is -0.570. The minimum Gasteiger partial charge on any atom is -0.342 e. The number of piperidine rings is 1. The van der Waals surface area contributed by atoms with Crippen LogP contribution in [-0.4, -0.2) is 48.9 Å². The van der Waals surface area contributed by atoms with Gasteiger partial charge in [0.1, 0.15) is 0 Å². The second-order valence-corrected chi connectivity index (χ2v) is 5.15. The average molecular weight is 226 g/mol. The van der Waals surface area contributed by atoms with E-state index in [4.69, 9.17) is 0 Å². The maximum atomic E-state index is 12.0. The number of carbonyl (C=O) groups is 1. The van der Waals surface area contributed by atoms with Crippen LogP contribution in [0.25, 0.3) is 0 Å². The van der Waals surface area contributed by atoms with Gasteiger partial charge in [0.25, 0.3) is 0 Å². The van der Waals surface area contributed by atoms with Gasteiger partial charge in [-0.15, -0.1) is 0 Å². The number of hydrogen-bond acceptors (Lipinski definition) is 2. The molecule has 0 saturated carbocycles. The summed E-state index contributed by atoms with van der Waals surface area (Å²) >= 11 is 0. The standard InChI is InChI=1S/C13H26N2O/c1-4-5-8-14(3)11-13(16)15-9-6-12(2)7-10-15/h12H,4-11H2,1-3H3. The Labute approximate surface area is 99.8 Å². The lowest BCUT2D eigenvalue weighted by Crippen LogP contribution is -2.43. The van der Waals surface area contributed by atoms with Crippen LogP contribution >= 0.6 is 0 Å². The highest BCUT2D eigenvalue weighted by molar-refractivity contribution is 5.78. The molecule has 1 aliphatic heterocycles. The van der Waals surface area contributed by atoms with Gasteiger partial charge in [-0.3, -0.25) is 9.69 Å². The molecule has 0 radical (unpaired) electrons. The van der Waals surface area contributed by atoms with Crippen molar-refractivity contribution in [2.75, 3.05) is 33.2 Å². The van der Waals surface area contributed by atoms with Crippen molar-refractivity contribution in [3.63, 3.8) is 0 Å². The third kappa shape index (κ3) is 4.52. The van der Waals surface area contributed by atoms with E-state index in [1.165, 1.54) is 25.7 Å². The van der Waals surface area contributed by atoms with Crippen LogP contribution in [-0.2, 0) is 4.79 Å². The van der Waals surface area contributed by atoms with Gasteiger partial charge in [0.15, 0.2) is 0 Å². The van der Waals surface area contributed by atoms with Gasteiger partial charge in [-0.05, 0) is 38.8 Å². The van der Waals surface area contributed by atoms with Crippen LogP contribution in [0.15, 0.2) is 0 Å². The molecule has 1 saturated heterocycles. The summed E-state index contributed by atoms with van der Waals surface area (Å²) in [6.45, 7) is 8.00. The maximum Gasteiger partial charge on any atom is 0.236 e. The quantitative estimate of drug-likeness (QED) is 0.715. The molecule has 0 atom stereocenters. The number of carbonyl (C=O) groups excluding carboxylic acids is 1. The lowest BCUT2D eigenvalue weighted by molar-refractivity contribution is -0.133. The first kappa shape index (κ1) is 13.5.